The molecule has 6 nitrogen and oxygen atoms in total. The van der Waals surface area contributed by atoms with Crippen molar-refractivity contribution in [3.63, 3.8) is 0 Å². The van der Waals surface area contributed by atoms with Crippen molar-refractivity contribution in [2.24, 2.45) is 5.92 Å². The van der Waals surface area contributed by atoms with Crippen molar-refractivity contribution in [1.29, 1.82) is 0 Å². The molecule has 0 spiro atoms. The van der Waals surface area contributed by atoms with Crippen LogP contribution in [0.2, 0.25) is 0 Å². The minimum absolute atomic E-state index is 0.237. The maximum Gasteiger partial charge on any atom is 0.225 e. The summed E-state index contributed by atoms with van der Waals surface area (Å²) in [7, 11) is 0. The predicted molar refractivity (Wildman–Crippen MR) is 76.4 cm³/mol. The maximum atomic E-state index is 11.5. The van der Waals surface area contributed by atoms with Crippen molar-refractivity contribution in [2.45, 2.75) is 12.8 Å². The summed E-state index contributed by atoms with van der Waals surface area (Å²) in [5.41, 5.74) is 0. The van der Waals surface area contributed by atoms with Gasteiger partial charge in [-0.2, -0.15) is 0 Å². The fourth-order valence-corrected chi connectivity index (χ4v) is 2.45. The Labute approximate surface area is 119 Å². The molecule has 0 unspecified atom stereocenters. The molecule has 1 aliphatic heterocycles. The van der Waals surface area contributed by atoms with E-state index >= 15 is 0 Å². The van der Waals surface area contributed by atoms with Crippen molar-refractivity contribution in [3.05, 3.63) is 18.5 Å². The van der Waals surface area contributed by atoms with E-state index in [9.17, 15) is 4.79 Å². The molecule has 0 radical (unpaired) electrons. The molecule has 20 heavy (non-hydrogen) atoms. The molecule has 0 aromatic carbocycles. The van der Waals surface area contributed by atoms with Crippen molar-refractivity contribution in [3.8, 4) is 0 Å². The number of amides is 1. The van der Waals surface area contributed by atoms with Crippen LogP contribution in [0.3, 0.4) is 0 Å². The van der Waals surface area contributed by atoms with Gasteiger partial charge in [-0.05, 0) is 18.9 Å². The molecular weight excluding hydrogens is 254 g/mol. The second kappa shape index (κ2) is 6.17. The normalized spacial score (nSPS) is 19.9. The highest BCUT2D eigenvalue weighted by Gasteiger charge is 2.29. The second-order valence-corrected chi connectivity index (χ2v) is 5.44. The van der Waals surface area contributed by atoms with E-state index in [1.807, 2.05) is 6.07 Å². The van der Waals surface area contributed by atoms with Gasteiger partial charge >= 0.3 is 0 Å². The number of hydrogen-bond donors (Lipinski definition) is 1. The first-order valence-electron chi connectivity index (χ1n) is 7.35. The zero-order valence-corrected chi connectivity index (χ0v) is 11.7. The highest BCUT2D eigenvalue weighted by atomic mass is 16.2. The number of carbonyl (C=O) groups is 1. The van der Waals surface area contributed by atoms with E-state index in [0.29, 0.717) is 5.92 Å². The number of piperazine rings is 1. The van der Waals surface area contributed by atoms with E-state index in [4.69, 9.17) is 0 Å². The molecule has 0 bridgehead atoms. The average Bonchev–Trinajstić information content (AvgIpc) is 3.33. The van der Waals surface area contributed by atoms with E-state index in [0.717, 1.165) is 58.1 Å². The number of anilines is 1. The molecule has 1 saturated carbocycles. The van der Waals surface area contributed by atoms with Gasteiger partial charge in [-0.25, -0.2) is 9.97 Å². The lowest BCUT2D eigenvalue weighted by Gasteiger charge is -2.34. The lowest BCUT2D eigenvalue weighted by molar-refractivity contribution is -0.122. The maximum absolute atomic E-state index is 11.5. The summed E-state index contributed by atoms with van der Waals surface area (Å²) in [6, 6.07) is 1.84. The van der Waals surface area contributed by atoms with Crippen LogP contribution in [0.25, 0.3) is 0 Å². The fraction of sp³-hybridized carbons (Fsp3) is 0.643. The molecule has 3 rings (SSSR count). The van der Waals surface area contributed by atoms with Crippen LogP contribution in [-0.2, 0) is 4.79 Å². The molecule has 2 aliphatic rings. The first kappa shape index (κ1) is 13.3. The molecule has 1 aliphatic carbocycles. The minimum atomic E-state index is 0.237. The van der Waals surface area contributed by atoms with E-state index < -0.39 is 0 Å². The Hall–Kier alpha value is -1.69. The minimum Gasteiger partial charge on any atom is -0.355 e. The third-order valence-electron chi connectivity index (χ3n) is 3.88. The standard InChI is InChI=1S/C14H21N5O/c20-13(12-2-3-12)15-6-7-18-8-10-19(11-9-18)14-16-4-1-5-17-14/h1,4-5,12H,2-3,6-11H2,(H,15,20). The average molecular weight is 275 g/mol. The van der Waals surface area contributed by atoms with Gasteiger partial charge < -0.3 is 10.2 Å². The van der Waals surface area contributed by atoms with Crippen LogP contribution in [-0.4, -0.2) is 60.0 Å². The van der Waals surface area contributed by atoms with Crippen LogP contribution in [0.4, 0.5) is 5.95 Å². The van der Waals surface area contributed by atoms with Gasteiger partial charge in [-0.15, -0.1) is 0 Å². The Kier molecular flexibility index (Phi) is 4.11. The molecule has 1 N–H and O–H groups in total. The van der Waals surface area contributed by atoms with Crippen LogP contribution >= 0.6 is 0 Å². The molecule has 0 atom stereocenters. The van der Waals surface area contributed by atoms with Gasteiger partial charge in [-0.3, -0.25) is 9.69 Å². The van der Waals surface area contributed by atoms with Gasteiger partial charge in [0.2, 0.25) is 11.9 Å². The Morgan fingerprint density at radius 1 is 1.20 bits per heavy atom. The quantitative estimate of drug-likeness (QED) is 0.827. The molecule has 2 fully saturated rings. The van der Waals surface area contributed by atoms with Crippen molar-refractivity contribution in [2.75, 3.05) is 44.2 Å². The van der Waals surface area contributed by atoms with Crippen LogP contribution < -0.4 is 10.2 Å². The molecule has 1 amide bonds. The predicted octanol–water partition coefficient (Wildman–Crippen LogP) is 0.125. The Morgan fingerprint density at radius 2 is 1.90 bits per heavy atom. The van der Waals surface area contributed by atoms with E-state index in [2.05, 4.69) is 25.1 Å². The number of hydrogen-bond acceptors (Lipinski definition) is 5. The topological polar surface area (TPSA) is 61.4 Å². The summed E-state index contributed by atoms with van der Waals surface area (Å²) in [4.78, 5) is 24.7. The highest BCUT2D eigenvalue weighted by molar-refractivity contribution is 5.80. The monoisotopic (exact) mass is 275 g/mol. The van der Waals surface area contributed by atoms with Gasteiger partial charge in [0.05, 0.1) is 0 Å². The van der Waals surface area contributed by atoms with Gasteiger partial charge in [0.1, 0.15) is 0 Å². The number of nitrogens with zero attached hydrogens (tertiary/aromatic N) is 4. The number of carbonyl (C=O) groups excluding carboxylic acids is 1. The summed E-state index contributed by atoms with van der Waals surface area (Å²) < 4.78 is 0. The van der Waals surface area contributed by atoms with Gasteiger partial charge in [0.25, 0.3) is 0 Å². The zero-order chi connectivity index (χ0) is 13.8. The number of nitrogens with one attached hydrogen (secondary N) is 1. The molecule has 2 heterocycles. The van der Waals surface area contributed by atoms with Crippen molar-refractivity contribution in [1.82, 2.24) is 20.2 Å². The summed E-state index contributed by atoms with van der Waals surface area (Å²) >= 11 is 0. The summed E-state index contributed by atoms with van der Waals surface area (Å²) in [5.74, 6) is 1.36. The molecule has 1 aromatic heterocycles. The Balaban J connectivity index is 1.37. The zero-order valence-electron chi connectivity index (χ0n) is 11.7. The Bertz CT molecular complexity index is 440. The summed E-state index contributed by atoms with van der Waals surface area (Å²) in [6.07, 6.45) is 5.70. The molecular formula is C14H21N5O. The molecule has 108 valence electrons. The molecule has 1 saturated heterocycles. The first-order valence-corrected chi connectivity index (χ1v) is 7.35. The second-order valence-electron chi connectivity index (χ2n) is 5.44. The summed E-state index contributed by atoms with van der Waals surface area (Å²) in [6.45, 7) is 5.58. The Morgan fingerprint density at radius 3 is 2.55 bits per heavy atom. The summed E-state index contributed by atoms with van der Waals surface area (Å²) in [5, 5.41) is 3.02. The van der Waals surface area contributed by atoms with E-state index in [-0.39, 0.29) is 5.91 Å². The third-order valence-corrected chi connectivity index (χ3v) is 3.88. The van der Waals surface area contributed by atoms with E-state index in [1.165, 1.54) is 0 Å². The molecule has 6 heteroatoms. The number of rotatable bonds is 5. The number of aromatic nitrogens is 2. The molecule has 1 aromatic rings. The van der Waals surface area contributed by atoms with Gasteiger partial charge in [0, 0.05) is 57.6 Å². The highest BCUT2D eigenvalue weighted by Crippen LogP contribution is 2.28. The lowest BCUT2D eigenvalue weighted by Crippen LogP contribution is -2.49. The van der Waals surface area contributed by atoms with Crippen LogP contribution in [0.15, 0.2) is 18.5 Å². The third kappa shape index (κ3) is 3.45. The van der Waals surface area contributed by atoms with Gasteiger partial charge in [-0.1, -0.05) is 0 Å². The SMILES string of the molecule is O=C(NCCN1CCN(c2ncccn2)CC1)C1CC1. The van der Waals surface area contributed by atoms with E-state index in [1.54, 1.807) is 12.4 Å². The van der Waals surface area contributed by atoms with Crippen LogP contribution in [0.5, 0.6) is 0 Å². The van der Waals surface area contributed by atoms with Crippen LogP contribution in [0, 0.1) is 5.92 Å². The fourth-order valence-electron chi connectivity index (χ4n) is 2.45. The van der Waals surface area contributed by atoms with Gasteiger partial charge in [0.15, 0.2) is 0 Å². The largest absolute Gasteiger partial charge is 0.355 e. The van der Waals surface area contributed by atoms with Crippen molar-refractivity contribution >= 4 is 11.9 Å². The first-order chi connectivity index (χ1) is 9.83. The lowest BCUT2D eigenvalue weighted by atomic mass is 10.3. The van der Waals surface area contributed by atoms with Crippen LogP contribution in [0.1, 0.15) is 12.8 Å². The smallest absolute Gasteiger partial charge is 0.225 e. The van der Waals surface area contributed by atoms with Crippen molar-refractivity contribution < 1.29 is 4.79 Å².